The van der Waals surface area contributed by atoms with Gasteiger partial charge in [0, 0.05) is 6.20 Å². The molecule has 0 saturated carbocycles. The van der Waals surface area contributed by atoms with Crippen molar-refractivity contribution in [3.8, 4) is 0 Å². The van der Waals surface area contributed by atoms with Crippen LogP contribution in [-0.4, -0.2) is 11.4 Å². The van der Waals surface area contributed by atoms with Gasteiger partial charge in [-0.15, -0.1) is 0 Å². The number of nitrogens with one attached hydrogen (secondary N) is 1. The summed E-state index contributed by atoms with van der Waals surface area (Å²) in [5.74, 6) is 0. The van der Waals surface area contributed by atoms with E-state index in [1.165, 1.54) is 0 Å². The second-order valence-corrected chi connectivity index (χ2v) is 2.34. The Labute approximate surface area is 69.4 Å². The van der Waals surface area contributed by atoms with E-state index in [2.05, 4.69) is 10.3 Å². The average molecular weight is 171 g/mol. The van der Waals surface area contributed by atoms with Crippen molar-refractivity contribution in [2.24, 2.45) is 0 Å². The highest BCUT2D eigenvalue weighted by atomic mass is 35.5. The molecule has 58 valence electrons. The summed E-state index contributed by atoms with van der Waals surface area (Å²) in [5.41, 5.74) is 0.106. The zero-order valence-corrected chi connectivity index (χ0v) is 6.45. The van der Waals surface area contributed by atoms with Crippen molar-refractivity contribution in [3.63, 3.8) is 0 Å². The topological polar surface area (TPSA) is 42.0 Å². The molecule has 0 aliphatic carbocycles. The fourth-order valence-corrected chi connectivity index (χ4v) is 0.852. The number of hydrogen-bond donors (Lipinski definition) is 1. The summed E-state index contributed by atoms with van der Waals surface area (Å²) in [5, 5.41) is 2.38. The highest BCUT2D eigenvalue weighted by molar-refractivity contribution is 6.20. The Morgan fingerprint density at radius 2 is 2.45 bits per heavy atom. The van der Waals surface area contributed by atoms with Gasteiger partial charge in [0.15, 0.2) is 0 Å². The molecule has 0 aromatic carbocycles. The van der Waals surface area contributed by atoms with E-state index < -0.39 is 5.50 Å². The average Bonchev–Trinajstić information content (AvgIpc) is 2.07. The first-order valence-corrected chi connectivity index (χ1v) is 3.53. The molecule has 11 heavy (non-hydrogen) atoms. The molecule has 0 bridgehead atoms. The second-order valence-electron chi connectivity index (χ2n) is 1.90. The molecule has 1 aromatic rings. The number of amides is 1. The van der Waals surface area contributed by atoms with E-state index in [0.717, 1.165) is 0 Å². The van der Waals surface area contributed by atoms with Crippen LogP contribution < -0.4 is 5.32 Å². The summed E-state index contributed by atoms with van der Waals surface area (Å²) >= 11 is 5.70. The molecule has 1 N–H and O–H groups in total. The molecule has 1 amide bonds. The third-order valence-corrected chi connectivity index (χ3v) is 1.51. The largest absolute Gasteiger partial charge is 0.337 e. The number of rotatable bonds is 3. The number of carbonyl (C=O) groups excluding carboxylic acids is 1. The maximum Gasteiger partial charge on any atom is 0.208 e. The van der Waals surface area contributed by atoms with Gasteiger partial charge in [-0.1, -0.05) is 17.7 Å². The zero-order chi connectivity index (χ0) is 8.10. The van der Waals surface area contributed by atoms with Crippen LogP contribution >= 0.6 is 11.6 Å². The predicted molar refractivity (Wildman–Crippen MR) is 42.0 cm³/mol. The summed E-state index contributed by atoms with van der Waals surface area (Å²) < 4.78 is 0. The lowest BCUT2D eigenvalue weighted by atomic mass is 10.3. The van der Waals surface area contributed by atoms with Gasteiger partial charge >= 0.3 is 0 Å². The van der Waals surface area contributed by atoms with Crippen LogP contribution in [0.2, 0.25) is 0 Å². The third kappa shape index (κ3) is 2.20. The third-order valence-electron chi connectivity index (χ3n) is 1.16. The number of alkyl halides is 1. The number of aromatic nitrogens is 1. The molecule has 1 aromatic heterocycles. The van der Waals surface area contributed by atoms with Crippen LogP contribution in [0.25, 0.3) is 0 Å². The maximum atomic E-state index is 9.97. The second kappa shape index (κ2) is 3.93. The number of carbonyl (C=O) groups is 1. The van der Waals surface area contributed by atoms with E-state index in [1.807, 2.05) is 6.07 Å². The van der Waals surface area contributed by atoms with E-state index in [-0.39, 0.29) is 0 Å². The van der Waals surface area contributed by atoms with Gasteiger partial charge in [0.1, 0.15) is 5.50 Å². The lowest BCUT2D eigenvalue weighted by Crippen LogP contribution is -2.14. The Kier molecular flexibility index (Phi) is 2.86. The molecule has 1 rings (SSSR count). The van der Waals surface area contributed by atoms with Crippen LogP contribution in [0, 0.1) is 0 Å². The van der Waals surface area contributed by atoms with Gasteiger partial charge in [0.25, 0.3) is 0 Å². The maximum absolute atomic E-state index is 9.97. The van der Waals surface area contributed by atoms with E-state index in [0.29, 0.717) is 12.1 Å². The van der Waals surface area contributed by atoms with Gasteiger partial charge in [-0.3, -0.25) is 9.78 Å². The summed E-state index contributed by atoms with van der Waals surface area (Å²) in [6.07, 6.45) is 2.17. The molecule has 0 fully saturated rings. The summed E-state index contributed by atoms with van der Waals surface area (Å²) in [7, 11) is 0. The molecule has 0 aliphatic rings. The van der Waals surface area contributed by atoms with Gasteiger partial charge < -0.3 is 5.32 Å². The SMILES string of the molecule is O=CNC(Cl)c1ccccn1. The fourth-order valence-electron chi connectivity index (χ4n) is 0.671. The van der Waals surface area contributed by atoms with Gasteiger partial charge in [-0.25, -0.2) is 0 Å². The molecule has 0 spiro atoms. The van der Waals surface area contributed by atoms with Crippen LogP contribution in [-0.2, 0) is 4.79 Å². The Morgan fingerprint density at radius 1 is 1.64 bits per heavy atom. The highest BCUT2D eigenvalue weighted by Gasteiger charge is 2.04. The number of hydrogen-bond acceptors (Lipinski definition) is 2. The molecule has 1 atom stereocenters. The van der Waals surface area contributed by atoms with Gasteiger partial charge in [-0.2, -0.15) is 0 Å². The molecule has 1 unspecified atom stereocenters. The van der Waals surface area contributed by atoms with Gasteiger partial charge in [0.2, 0.25) is 6.41 Å². The number of nitrogens with zero attached hydrogens (tertiary/aromatic N) is 1. The van der Waals surface area contributed by atoms with Crippen LogP contribution in [0.3, 0.4) is 0 Å². The van der Waals surface area contributed by atoms with Gasteiger partial charge in [-0.05, 0) is 12.1 Å². The van der Waals surface area contributed by atoms with Crippen molar-refractivity contribution in [3.05, 3.63) is 30.1 Å². The number of pyridine rings is 1. The summed E-state index contributed by atoms with van der Waals surface area (Å²) in [4.78, 5) is 13.9. The van der Waals surface area contributed by atoms with Crippen LogP contribution in [0.15, 0.2) is 24.4 Å². The molecule has 0 saturated heterocycles. The highest BCUT2D eigenvalue weighted by Crippen LogP contribution is 2.11. The standard InChI is InChI=1S/C7H7ClN2O/c8-7(10-5-11)6-3-1-2-4-9-6/h1-5,7H,(H,10,11). The predicted octanol–water partition coefficient (Wildman–Crippen LogP) is 1.06. The van der Waals surface area contributed by atoms with Crippen LogP contribution in [0.1, 0.15) is 11.2 Å². The van der Waals surface area contributed by atoms with Crippen molar-refractivity contribution in [2.45, 2.75) is 5.50 Å². The normalized spacial score (nSPS) is 12.1. The molecule has 0 aliphatic heterocycles. The smallest absolute Gasteiger partial charge is 0.208 e. The van der Waals surface area contributed by atoms with Crippen molar-refractivity contribution >= 4 is 18.0 Å². The summed E-state index contributed by atoms with van der Waals surface area (Å²) in [6.45, 7) is 0. The molecular formula is C7H7ClN2O. The first kappa shape index (κ1) is 8.01. The Bertz CT molecular complexity index is 227. The fraction of sp³-hybridized carbons (Fsp3) is 0.143. The Morgan fingerprint density at radius 3 is 3.00 bits per heavy atom. The van der Waals surface area contributed by atoms with E-state index >= 15 is 0 Å². The molecule has 3 nitrogen and oxygen atoms in total. The van der Waals surface area contributed by atoms with E-state index in [4.69, 9.17) is 11.6 Å². The minimum atomic E-state index is -0.534. The Balaban J connectivity index is 2.68. The van der Waals surface area contributed by atoms with E-state index in [1.54, 1.807) is 18.3 Å². The molecule has 4 heteroatoms. The Hall–Kier alpha value is -1.09. The molecule has 1 heterocycles. The van der Waals surface area contributed by atoms with Crippen molar-refractivity contribution in [2.75, 3.05) is 0 Å². The molecule has 0 radical (unpaired) electrons. The summed E-state index contributed by atoms with van der Waals surface area (Å²) in [6, 6.07) is 5.34. The first-order valence-electron chi connectivity index (χ1n) is 3.09. The monoisotopic (exact) mass is 170 g/mol. The van der Waals surface area contributed by atoms with Gasteiger partial charge in [0.05, 0.1) is 5.69 Å². The molecular weight excluding hydrogens is 164 g/mol. The number of halogens is 1. The van der Waals surface area contributed by atoms with E-state index in [9.17, 15) is 4.79 Å². The van der Waals surface area contributed by atoms with Crippen LogP contribution in [0.5, 0.6) is 0 Å². The van der Waals surface area contributed by atoms with Crippen molar-refractivity contribution < 1.29 is 4.79 Å². The minimum Gasteiger partial charge on any atom is -0.337 e. The first-order chi connectivity index (χ1) is 5.34. The van der Waals surface area contributed by atoms with Crippen LogP contribution in [0.4, 0.5) is 0 Å². The minimum absolute atomic E-state index is 0.534. The van der Waals surface area contributed by atoms with Crippen molar-refractivity contribution in [1.82, 2.24) is 10.3 Å². The quantitative estimate of drug-likeness (QED) is 0.419. The lowest BCUT2D eigenvalue weighted by Gasteiger charge is -2.05. The van der Waals surface area contributed by atoms with Crippen molar-refractivity contribution in [1.29, 1.82) is 0 Å². The zero-order valence-electron chi connectivity index (χ0n) is 5.70. The lowest BCUT2D eigenvalue weighted by molar-refractivity contribution is -0.109.